The summed E-state index contributed by atoms with van der Waals surface area (Å²) in [4.78, 5) is 15.6. The van der Waals surface area contributed by atoms with Gasteiger partial charge in [-0.25, -0.2) is 4.79 Å². The highest BCUT2D eigenvalue weighted by Gasteiger charge is 2.18. The minimum absolute atomic E-state index is 0.0284. The van der Waals surface area contributed by atoms with Crippen LogP contribution in [0.4, 0.5) is 10.5 Å². The number of carbonyl (C=O) groups is 1. The van der Waals surface area contributed by atoms with E-state index in [1.54, 1.807) is 0 Å². The standard InChI is InChI=1S/C12H16N3O/c1-14-7-9-15(10-8-14)12(16)13-11-5-3-2-4-6-11/h2-6H,1,7-10H2,(H,13,16). The van der Waals surface area contributed by atoms with Crippen LogP contribution in [0.1, 0.15) is 0 Å². The van der Waals surface area contributed by atoms with Crippen molar-refractivity contribution in [2.75, 3.05) is 31.5 Å². The van der Waals surface area contributed by atoms with Crippen molar-refractivity contribution in [3.8, 4) is 0 Å². The molecule has 1 saturated heterocycles. The van der Waals surface area contributed by atoms with Gasteiger partial charge in [0, 0.05) is 38.9 Å². The van der Waals surface area contributed by atoms with Gasteiger partial charge in [0.15, 0.2) is 0 Å². The van der Waals surface area contributed by atoms with Gasteiger partial charge in [0.1, 0.15) is 0 Å². The first kappa shape index (κ1) is 11.0. The summed E-state index contributed by atoms with van der Waals surface area (Å²) in [6.07, 6.45) is 0. The Morgan fingerprint density at radius 3 is 2.38 bits per heavy atom. The number of para-hydroxylation sites is 1. The third kappa shape index (κ3) is 2.73. The number of nitrogens with one attached hydrogen (secondary N) is 1. The Balaban J connectivity index is 1.89. The molecule has 2 rings (SSSR count). The molecule has 0 aliphatic carbocycles. The molecule has 1 aromatic rings. The fraction of sp³-hybridized carbons (Fsp3) is 0.333. The Hall–Kier alpha value is -1.55. The molecule has 1 aliphatic heterocycles. The van der Waals surface area contributed by atoms with Crippen molar-refractivity contribution in [2.24, 2.45) is 0 Å². The molecule has 1 aromatic carbocycles. The average molecular weight is 218 g/mol. The van der Waals surface area contributed by atoms with Crippen molar-refractivity contribution >= 4 is 11.7 Å². The molecule has 16 heavy (non-hydrogen) atoms. The summed E-state index contributed by atoms with van der Waals surface area (Å²) in [6.45, 7) is 3.15. The largest absolute Gasteiger partial charge is 0.322 e. The maximum atomic E-state index is 11.9. The van der Waals surface area contributed by atoms with E-state index in [1.165, 1.54) is 0 Å². The summed E-state index contributed by atoms with van der Waals surface area (Å²) in [5.41, 5.74) is 0.838. The van der Waals surface area contributed by atoms with E-state index in [2.05, 4.69) is 12.4 Å². The predicted octanol–water partition coefficient (Wildman–Crippen LogP) is 1.63. The molecule has 1 fully saturated rings. The molecule has 4 heteroatoms. The van der Waals surface area contributed by atoms with E-state index in [4.69, 9.17) is 0 Å². The van der Waals surface area contributed by atoms with Crippen LogP contribution in [0.25, 0.3) is 0 Å². The highest BCUT2D eigenvalue weighted by atomic mass is 16.2. The highest BCUT2D eigenvalue weighted by molar-refractivity contribution is 5.89. The van der Waals surface area contributed by atoms with Gasteiger partial charge in [0.2, 0.25) is 0 Å². The van der Waals surface area contributed by atoms with Crippen LogP contribution in [0.2, 0.25) is 0 Å². The minimum atomic E-state index is -0.0284. The number of hydrogen-bond acceptors (Lipinski definition) is 2. The number of amides is 2. The van der Waals surface area contributed by atoms with E-state index in [9.17, 15) is 4.79 Å². The fourth-order valence-corrected chi connectivity index (χ4v) is 1.67. The van der Waals surface area contributed by atoms with Gasteiger partial charge in [-0.1, -0.05) is 18.2 Å². The van der Waals surface area contributed by atoms with Crippen molar-refractivity contribution in [3.63, 3.8) is 0 Å². The first-order chi connectivity index (χ1) is 7.75. The number of piperazine rings is 1. The SMILES string of the molecule is [CH2]N1CCN(C(=O)Nc2ccccc2)CC1. The number of anilines is 1. The molecule has 1 radical (unpaired) electrons. The van der Waals surface area contributed by atoms with Gasteiger partial charge in [0.25, 0.3) is 0 Å². The molecule has 0 aromatic heterocycles. The van der Waals surface area contributed by atoms with Crippen LogP contribution in [0.5, 0.6) is 0 Å². The van der Waals surface area contributed by atoms with Crippen LogP contribution >= 0.6 is 0 Å². The summed E-state index contributed by atoms with van der Waals surface area (Å²) in [5, 5.41) is 2.87. The van der Waals surface area contributed by atoms with Gasteiger partial charge < -0.3 is 10.2 Å². The van der Waals surface area contributed by atoms with Crippen LogP contribution in [0, 0.1) is 7.05 Å². The maximum absolute atomic E-state index is 11.9. The quantitative estimate of drug-likeness (QED) is 0.777. The summed E-state index contributed by atoms with van der Waals surface area (Å²) < 4.78 is 0. The van der Waals surface area contributed by atoms with Crippen LogP contribution in [-0.4, -0.2) is 42.0 Å². The van der Waals surface area contributed by atoms with E-state index in [0.29, 0.717) is 0 Å². The molecule has 0 atom stereocenters. The lowest BCUT2D eigenvalue weighted by atomic mass is 10.3. The first-order valence-corrected chi connectivity index (χ1v) is 5.42. The van der Waals surface area contributed by atoms with Crippen LogP contribution < -0.4 is 5.32 Å². The molecular weight excluding hydrogens is 202 g/mol. The molecule has 0 bridgehead atoms. The second kappa shape index (κ2) is 4.99. The number of nitrogens with zero attached hydrogens (tertiary/aromatic N) is 2. The van der Waals surface area contributed by atoms with Gasteiger partial charge in [-0.05, 0) is 12.1 Å². The monoisotopic (exact) mass is 218 g/mol. The van der Waals surface area contributed by atoms with Gasteiger partial charge in [-0.15, -0.1) is 0 Å². The third-order valence-electron chi connectivity index (χ3n) is 2.68. The number of urea groups is 1. The number of rotatable bonds is 1. The first-order valence-electron chi connectivity index (χ1n) is 5.42. The van der Waals surface area contributed by atoms with Crippen molar-refractivity contribution in [3.05, 3.63) is 37.4 Å². The average Bonchev–Trinajstić information content (AvgIpc) is 2.31. The summed E-state index contributed by atoms with van der Waals surface area (Å²) in [6, 6.07) is 9.48. The number of hydrogen-bond donors (Lipinski definition) is 1. The van der Waals surface area contributed by atoms with Crippen LogP contribution in [0.3, 0.4) is 0 Å². The molecular formula is C12H16N3O. The van der Waals surface area contributed by atoms with E-state index in [1.807, 2.05) is 40.1 Å². The van der Waals surface area contributed by atoms with Crippen molar-refractivity contribution in [1.29, 1.82) is 0 Å². The molecule has 85 valence electrons. The van der Waals surface area contributed by atoms with Crippen molar-refractivity contribution in [1.82, 2.24) is 9.80 Å². The smallest absolute Gasteiger partial charge is 0.321 e. The molecule has 1 N–H and O–H groups in total. The fourth-order valence-electron chi connectivity index (χ4n) is 1.67. The molecule has 4 nitrogen and oxygen atoms in total. The lowest BCUT2D eigenvalue weighted by Gasteiger charge is -2.32. The topological polar surface area (TPSA) is 35.6 Å². The maximum Gasteiger partial charge on any atom is 0.321 e. The highest BCUT2D eigenvalue weighted by Crippen LogP contribution is 2.08. The minimum Gasteiger partial charge on any atom is -0.322 e. The Labute approximate surface area is 95.8 Å². The van der Waals surface area contributed by atoms with E-state index in [0.717, 1.165) is 31.9 Å². The lowest BCUT2D eigenvalue weighted by Crippen LogP contribution is -2.48. The van der Waals surface area contributed by atoms with Gasteiger partial charge >= 0.3 is 6.03 Å². The van der Waals surface area contributed by atoms with Crippen LogP contribution in [0.15, 0.2) is 30.3 Å². The van der Waals surface area contributed by atoms with E-state index in [-0.39, 0.29) is 6.03 Å². The Morgan fingerprint density at radius 2 is 1.75 bits per heavy atom. The zero-order valence-electron chi connectivity index (χ0n) is 9.22. The second-order valence-corrected chi connectivity index (χ2v) is 3.90. The summed E-state index contributed by atoms with van der Waals surface area (Å²) in [7, 11) is 3.85. The van der Waals surface area contributed by atoms with Gasteiger partial charge in [-0.3, -0.25) is 4.90 Å². The zero-order chi connectivity index (χ0) is 11.4. The summed E-state index contributed by atoms with van der Waals surface area (Å²) in [5.74, 6) is 0. The molecule has 0 spiro atoms. The van der Waals surface area contributed by atoms with Gasteiger partial charge in [0.05, 0.1) is 0 Å². The molecule has 2 amide bonds. The Bertz CT molecular complexity index is 345. The second-order valence-electron chi connectivity index (χ2n) is 3.90. The normalized spacial score (nSPS) is 17.2. The zero-order valence-corrected chi connectivity index (χ0v) is 9.22. The Kier molecular flexibility index (Phi) is 3.41. The number of benzene rings is 1. The van der Waals surface area contributed by atoms with Crippen LogP contribution in [-0.2, 0) is 0 Å². The predicted molar refractivity (Wildman–Crippen MR) is 64.0 cm³/mol. The van der Waals surface area contributed by atoms with Gasteiger partial charge in [-0.2, -0.15) is 0 Å². The number of carbonyl (C=O) groups excluding carboxylic acids is 1. The molecule has 1 heterocycles. The molecule has 0 unspecified atom stereocenters. The summed E-state index contributed by atoms with van der Waals surface area (Å²) >= 11 is 0. The van der Waals surface area contributed by atoms with Crippen molar-refractivity contribution in [2.45, 2.75) is 0 Å². The van der Waals surface area contributed by atoms with E-state index < -0.39 is 0 Å². The lowest BCUT2D eigenvalue weighted by molar-refractivity contribution is 0.172. The van der Waals surface area contributed by atoms with E-state index >= 15 is 0 Å². The van der Waals surface area contributed by atoms with Crippen molar-refractivity contribution < 1.29 is 4.79 Å². The molecule has 0 saturated carbocycles. The third-order valence-corrected chi connectivity index (χ3v) is 2.68. The Morgan fingerprint density at radius 1 is 1.12 bits per heavy atom. The molecule has 1 aliphatic rings.